The first-order valence-electron chi connectivity index (χ1n) is 4.95. The Bertz CT molecular complexity index is 412. The van der Waals surface area contributed by atoms with E-state index in [2.05, 4.69) is 5.32 Å². The molecule has 1 rings (SSSR count). The number of hydrogen-bond acceptors (Lipinski definition) is 2. The van der Waals surface area contributed by atoms with Crippen LogP contribution in [0.3, 0.4) is 0 Å². The molecule has 0 spiro atoms. The third-order valence-electron chi connectivity index (χ3n) is 1.92. The summed E-state index contributed by atoms with van der Waals surface area (Å²) in [4.78, 5) is 22.8. The monoisotopic (exact) mass is 206 g/mol. The van der Waals surface area contributed by atoms with Crippen LogP contribution in [0, 0.1) is 0 Å². The maximum absolute atomic E-state index is 11.4. The predicted octanol–water partition coefficient (Wildman–Crippen LogP) is -1.37. The van der Waals surface area contributed by atoms with Gasteiger partial charge in [-0.15, -0.1) is 0 Å². The Morgan fingerprint density at radius 3 is 2.80 bits per heavy atom. The van der Waals surface area contributed by atoms with Crippen molar-refractivity contribution in [2.24, 2.45) is 0 Å². The Labute approximate surface area is 89.7 Å². The molecule has 1 amide bonds. The standard InChI is InChI=1S/C10H15BN2O2/c1-7(2)12-9(14)6-13-4-3-8(11)5-10(13)15/h3-5,7H,6,11H2,1-2H3,(H,12,14). The summed E-state index contributed by atoms with van der Waals surface area (Å²) in [6.45, 7) is 3.85. The summed E-state index contributed by atoms with van der Waals surface area (Å²) in [5.41, 5.74) is 0.759. The van der Waals surface area contributed by atoms with Crippen molar-refractivity contribution < 1.29 is 4.79 Å². The molecule has 0 atom stereocenters. The van der Waals surface area contributed by atoms with Crippen LogP contribution in [-0.4, -0.2) is 24.4 Å². The Hall–Kier alpha value is -1.52. The minimum absolute atomic E-state index is 0.0806. The number of nitrogens with zero attached hydrogens (tertiary/aromatic N) is 1. The number of carbonyl (C=O) groups excluding carboxylic acids is 1. The van der Waals surface area contributed by atoms with E-state index in [1.54, 1.807) is 6.20 Å². The molecule has 15 heavy (non-hydrogen) atoms. The minimum Gasteiger partial charge on any atom is -0.352 e. The molecule has 1 heterocycles. The molecule has 0 radical (unpaired) electrons. The van der Waals surface area contributed by atoms with Crippen LogP contribution in [0.5, 0.6) is 0 Å². The summed E-state index contributed by atoms with van der Waals surface area (Å²) < 4.78 is 1.39. The Morgan fingerprint density at radius 2 is 2.27 bits per heavy atom. The van der Waals surface area contributed by atoms with E-state index in [-0.39, 0.29) is 24.1 Å². The molecule has 1 aromatic heterocycles. The number of pyridine rings is 1. The molecule has 0 unspecified atom stereocenters. The lowest BCUT2D eigenvalue weighted by Gasteiger charge is -2.09. The molecular formula is C10H15BN2O2. The van der Waals surface area contributed by atoms with Crippen molar-refractivity contribution in [2.45, 2.75) is 26.4 Å². The van der Waals surface area contributed by atoms with E-state index in [1.165, 1.54) is 10.6 Å². The van der Waals surface area contributed by atoms with Gasteiger partial charge in [-0.25, -0.2) is 0 Å². The summed E-state index contributed by atoms with van der Waals surface area (Å²) in [5.74, 6) is -0.143. The largest absolute Gasteiger partial charge is 0.352 e. The average molecular weight is 206 g/mol. The van der Waals surface area contributed by atoms with Crippen LogP contribution in [0.1, 0.15) is 13.8 Å². The first kappa shape index (κ1) is 11.6. The summed E-state index contributed by atoms with van der Waals surface area (Å²) >= 11 is 0. The SMILES string of the molecule is Bc1ccn(CC(=O)NC(C)C)c(=O)c1. The lowest BCUT2D eigenvalue weighted by Crippen LogP contribution is -2.36. The maximum Gasteiger partial charge on any atom is 0.250 e. The third kappa shape index (κ3) is 3.62. The molecule has 0 saturated heterocycles. The number of nitrogens with one attached hydrogen (secondary N) is 1. The van der Waals surface area contributed by atoms with Gasteiger partial charge in [-0.05, 0) is 19.9 Å². The van der Waals surface area contributed by atoms with E-state index < -0.39 is 0 Å². The zero-order valence-electron chi connectivity index (χ0n) is 9.28. The number of rotatable bonds is 3. The number of aromatic nitrogens is 1. The highest BCUT2D eigenvalue weighted by atomic mass is 16.2. The van der Waals surface area contributed by atoms with E-state index in [0.717, 1.165) is 5.46 Å². The Balaban J connectivity index is 2.73. The summed E-state index contributed by atoms with van der Waals surface area (Å²) in [5, 5.41) is 2.73. The van der Waals surface area contributed by atoms with Gasteiger partial charge in [-0.2, -0.15) is 0 Å². The second-order valence-corrected chi connectivity index (χ2v) is 3.89. The molecule has 0 aliphatic carbocycles. The Kier molecular flexibility index (Phi) is 3.71. The smallest absolute Gasteiger partial charge is 0.250 e. The van der Waals surface area contributed by atoms with Gasteiger partial charge < -0.3 is 9.88 Å². The quantitative estimate of drug-likeness (QED) is 0.620. The number of hydrogen-bond donors (Lipinski definition) is 1. The highest BCUT2D eigenvalue weighted by molar-refractivity contribution is 6.32. The van der Waals surface area contributed by atoms with Gasteiger partial charge in [-0.1, -0.05) is 11.5 Å². The minimum atomic E-state index is -0.145. The van der Waals surface area contributed by atoms with Crippen molar-refractivity contribution in [1.29, 1.82) is 0 Å². The van der Waals surface area contributed by atoms with Gasteiger partial charge in [0.15, 0.2) is 0 Å². The van der Waals surface area contributed by atoms with Crippen LogP contribution < -0.4 is 16.3 Å². The first-order valence-corrected chi connectivity index (χ1v) is 4.95. The lowest BCUT2D eigenvalue weighted by molar-refractivity contribution is -0.122. The van der Waals surface area contributed by atoms with Gasteiger partial charge in [0.25, 0.3) is 0 Å². The fourth-order valence-corrected chi connectivity index (χ4v) is 1.26. The zero-order valence-corrected chi connectivity index (χ0v) is 9.28. The average Bonchev–Trinajstić information content (AvgIpc) is 2.08. The number of amides is 1. The number of carbonyl (C=O) groups is 1. The van der Waals surface area contributed by atoms with Gasteiger partial charge in [0, 0.05) is 12.2 Å². The zero-order chi connectivity index (χ0) is 11.4. The molecule has 1 aromatic rings. The van der Waals surface area contributed by atoms with Crippen LogP contribution in [0.25, 0.3) is 0 Å². The van der Waals surface area contributed by atoms with E-state index >= 15 is 0 Å². The van der Waals surface area contributed by atoms with Crippen LogP contribution in [0.15, 0.2) is 23.1 Å². The first-order chi connectivity index (χ1) is 6.99. The van der Waals surface area contributed by atoms with Crippen molar-refractivity contribution in [1.82, 2.24) is 9.88 Å². The summed E-state index contributed by atoms with van der Waals surface area (Å²) in [6, 6.07) is 3.42. The predicted molar refractivity (Wildman–Crippen MR) is 62.2 cm³/mol. The van der Waals surface area contributed by atoms with E-state index in [0.29, 0.717) is 0 Å². The topological polar surface area (TPSA) is 51.1 Å². The molecule has 0 saturated carbocycles. The van der Waals surface area contributed by atoms with Crippen molar-refractivity contribution in [2.75, 3.05) is 0 Å². The second kappa shape index (κ2) is 4.82. The molecule has 0 bridgehead atoms. The Morgan fingerprint density at radius 1 is 1.60 bits per heavy atom. The molecular weight excluding hydrogens is 191 g/mol. The van der Waals surface area contributed by atoms with Crippen molar-refractivity contribution in [3.63, 3.8) is 0 Å². The highest BCUT2D eigenvalue weighted by Gasteiger charge is 2.04. The van der Waals surface area contributed by atoms with Crippen LogP contribution >= 0.6 is 0 Å². The fraction of sp³-hybridized carbons (Fsp3) is 0.400. The molecule has 80 valence electrons. The van der Waals surface area contributed by atoms with Gasteiger partial charge in [-0.3, -0.25) is 9.59 Å². The van der Waals surface area contributed by atoms with Gasteiger partial charge in [0.05, 0.1) is 0 Å². The normalized spacial score (nSPS) is 10.3. The van der Waals surface area contributed by atoms with Crippen molar-refractivity contribution >= 4 is 19.2 Å². The van der Waals surface area contributed by atoms with Crippen molar-refractivity contribution in [3.8, 4) is 0 Å². The van der Waals surface area contributed by atoms with Crippen LogP contribution in [0.2, 0.25) is 0 Å². The van der Waals surface area contributed by atoms with Gasteiger partial charge >= 0.3 is 0 Å². The van der Waals surface area contributed by atoms with Crippen molar-refractivity contribution in [3.05, 3.63) is 28.7 Å². The highest BCUT2D eigenvalue weighted by Crippen LogP contribution is 1.83. The molecule has 5 heteroatoms. The molecule has 0 aromatic carbocycles. The van der Waals surface area contributed by atoms with E-state index in [4.69, 9.17) is 0 Å². The van der Waals surface area contributed by atoms with Gasteiger partial charge in [0.2, 0.25) is 11.5 Å². The molecule has 0 fully saturated rings. The van der Waals surface area contributed by atoms with Gasteiger partial charge in [0.1, 0.15) is 14.4 Å². The molecule has 1 N–H and O–H groups in total. The molecule has 4 nitrogen and oxygen atoms in total. The second-order valence-electron chi connectivity index (χ2n) is 3.89. The van der Waals surface area contributed by atoms with E-state index in [9.17, 15) is 9.59 Å². The van der Waals surface area contributed by atoms with E-state index in [1.807, 2.05) is 27.8 Å². The summed E-state index contributed by atoms with van der Waals surface area (Å²) in [6.07, 6.45) is 1.64. The van der Waals surface area contributed by atoms with Crippen LogP contribution in [-0.2, 0) is 11.3 Å². The molecule has 0 aliphatic heterocycles. The van der Waals surface area contributed by atoms with Crippen LogP contribution in [0.4, 0.5) is 0 Å². The summed E-state index contributed by atoms with van der Waals surface area (Å²) in [7, 11) is 1.85. The third-order valence-corrected chi connectivity index (χ3v) is 1.92. The molecule has 0 aliphatic rings. The fourth-order valence-electron chi connectivity index (χ4n) is 1.26. The lowest BCUT2D eigenvalue weighted by atomic mass is 9.98. The maximum atomic E-state index is 11.4.